The van der Waals surface area contributed by atoms with Gasteiger partial charge in [-0.3, -0.25) is 14.0 Å². The average molecular weight is 492 g/mol. The highest BCUT2D eigenvalue weighted by atomic mass is 32.2. The van der Waals surface area contributed by atoms with Crippen LogP contribution in [0.4, 0.5) is 5.69 Å². The number of anilines is 1. The van der Waals surface area contributed by atoms with Crippen molar-refractivity contribution in [1.82, 2.24) is 10.2 Å². The van der Waals surface area contributed by atoms with Gasteiger partial charge in [0.15, 0.2) is 0 Å². The molecule has 1 aliphatic rings. The summed E-state index contributed by atoms with van der Waals surface area (Å²) in [6.07, 6.45) is 3.74. The van der Waals surface area contributed by atoms with Crippen LogP contribution in [0.2, 0.25) is 0 Å². The maximum atomic E-state index is 13.5. The number of benzene rings is 3. The Morgan fingerprint density at radius 2 is 1.57 bits per heavy atom. The summed E-state index contributed by atoms with van der Waals surface area (Å²) in [5.41, 5.74) is 3.64. The lowest BCUT2D eigenvalue weighted by Crippen LogP contribution is -2.40. The minimum Gasteiger partial charge on any atom is -0.350 e. The largest absolute Gasteiger partial charge is 0.350 e. The Hall–Kier alpha value is -3.16. The van der Waals surface area contributed by atoms with Gasteiger partial charge < -0.3 is 5.32 Å². The number of amides is 1. The average Bonchev–Trinajstić information content (AvgIpc) is 2.88. The molecule has 0 aliphatic carbocycles. The van der Waals surface area contributed by atoms with Crippen LogP contribution in [-0.4, -0.2) is 38.9 Å². The van der Waals surface area contributed by atoms with Gasteiger partial charge in [-0.05, 0) is 73.8 Å². The van der Waals surface area contributed by atoms with Crippen molar-refractivity contribution in [3.63, 3.8) is 0 Å². The number of likely N-dealkylation sites (tertiary alicyclic amines) is 1. The zero-order valence-electron chi connectivity index (χ0n) is 20.2. The smallest absolute Gasteiger partial charge is 0.264 e. The number of carbonyl (C=O) groups excluding carboxylic acids is 1. The third-order valence-electron chi connectivity index (χ3n) is 6.35. The predicted octanol–water partition coefficient (Wildman–Crippen LogP) is 4.49. The number of piperidine rings is 1. The van der Waals surface area contributed by atoms with Gasteiger partial charge >= 0.3 is 0 Å². The summed E-state index contributed by atoms with van der Waals surface area (Å²) in [6, 6.07) is 23.6. The predicted molar refractivity (Wildman–Crippen MR) is 140 cm³/mol. The van der Waals surface area contributed by atoms with Gasteiger partial charge in [0.25, 0.3) is 10.0 Å². The van der Waals surface area contributed by atoms with Crippen LogP contribution in [0.15, 0.2) is 83.8 Å². The molecular formula is C28H33N3O3S. The van der Waals surface area contributed by atoms with Crippen LogP contribution >= 0.6 is 0 Å². The zero-order valence-corrected chi connectivity index (χ0v) is 21.0. The molecule has 0 saturated carbocycles. The van der Waals surface area contributed by atoms with E-state index in [-0.39, 0.29) is 17.3 Å². The van der Waals surface area contributed by atoms with Gasteiger partial charge in [-0.2, -0.15) is 0 Å². The molecule has 35 heavy (non-hydrogen) atoms. The second kappa shape index (κ2) is 11.5. The van der Waals surface area contributed by atoms with Crippen molar-refractivity contribution in [3.05, 3.63) is 95.6 Å². The molecule has 0 atom stereocenters. The van der Waals surface area contributed by atoms with Crippen molar-refractivity contribution in [1.29, 1.82) is 0 Å². The maximum absolute atomic E-state index is 13.5. The van der Waals surface area contributed by atoms with Crippen molar-refractivity contribution in [3.8, 4) is 0 Å². The van der Waals surface area contributed by atoms with Gasteiger partial charge in [0.1, 0.15) is 6.54 Å². The number of hydrogen-bond acceptors (Lipinski definition) is 4. The van der Waals surface area contributed by atoms with E-state index < -0.39 is 10.0 Å². The SMILES string of the molecule is Cc1cccc(N(CC(=O)NCc2ccccc2CN2CCCCC2)S(=O)(=O)c2ccccc2)c1. The molecule has 4 rings (SSSR count). The first-order valence-electron chi connectivity index (χ1n) is 12.1. The van der Waals surface area contributed by atoms with E-state index in [4.69, 9.17) is 0 Å². The molecule has 1 saturated heterocycles. The molecule has 1 fully saturated rings. The Labute approximate surface area is 208 Å². The molecular weight excluding hydrogens is 458 g/mol. The van der Waals surface area contributed by atoms with Gasteiger partial charge in [-0.25, -0.2) is 8.42 Å². The van der Waals surface area contributed by atoms with E-state index in [9.17, 15) is 13.2 Å². The summed E-state index contributed by atoms with van der Waals surface area (Å²) in [5.74, 6) is -0.348. The molecule has 0 unspecified atom stereocenters. The molecule has 184 valence electrons. The minimum absolute atomic E-state index is 0.154. The first-order chi connectivity index (χ1) is 16.9. The van der Waals surface area contributed by atoms with E-state index in [1.54, 1.807) is 48.5 Å². The fourth-order valence-corrected chi connectivity index (χ4v) is 5.87. The standard InChI is InChI=1S/C28H33N3O3S/c1-23-11-10-14-26(19-23)31(35(33,34)27-15-4-2-5-16-27)22-28(32)29-20-24-12-6-7-13-25(24)21-30-17-8-3-9-18-30/h2,4-7,10-16,19H,3,8-9,17-18,20-22H2,1H3,(H,29,32). The van der Waals surface area contributed by atoms with Crippen LogP contribution in [0.25, 0.3) is 0 Å². The van der Waals surface area contributed by atoms with Crippen molar-refractivity contribution in [2.24, 2.45) is 0 Å². The number of nitrogens with one attached hydrogen (secondary N) is 1. The van der Waals surface area contributed by atoms with Crippen LogP contribution in [0, 0.1) is 6.92 Å². The highest BCUT2D eigenvalue weighted by Crippen LogP contribution is 2.24. The Balaban J connectivity index is 1.49. The number of aryl methyl sites for hydroxylation is 1. The zero-order chi connectivity index (χ0) is 24.7. The molecule has 0 radical (unpaired) electrons. The van der Waals surface area contributed by atoms with E-state index in [1.165, 1.54) is 29.1 Å². The normalized spacial score (nSPS) is 14.4. The van der Waals surface area contributed by atoms with Crippen molar-refractivity contribution >= 4 is 21.6 Å². The van der Waals surface area contributed by atoms with E-state index in [1.807, 2.05) is 31.2 Å². The molecule has 6 nitrogen and oxygen atoms in total. The van der Waals surface area contributed by atoms with Gasteiger partial charge in [-0.15, -0.1) is 0 Å². The van der Waals surface area contributed by atoms with Crippen molar-refractivity contribution < 1.29 is 13.2 Å². The fraction of sp³-hybridized carbons (Fsp3) is 0.321. The highest BCUT2D eigenvalue weighted by molar-refractivity contribution is 7.92. The maximum Gasteiger partial charge on any atom is 0.264 e. The number of sulfonamides is 1. The minimum atomic E-state index is -3.91. The Morgan fingerprint density at radius 3 is 2.29 bits per heavy atom. The fourth-order valence-electron chi connectivity index (χ4n) is 4.44. The van der Waals surface area contributed by atoms with E-state index in [2.05, 4.69) is 16.3 Å². The first-order valence-corrected chi connectivity index (χ1v) is 13.6. The van der Waals surface area contributed by atoms with Gasteiger partial charge in [0.05, 0.1) is 10.6 Å². The lowest BCUT2D eigenvalue weighted by molar-refractivity contribution is -0.119. The molecule has 3 aromatic rings. The molecule has 0 aromatic heterocycles. The van der Waals surface area contributed by atoms with Crippen LogP contribution in [0.1, 0.15) is 36.0 Å². The molecule has 0 spiro atoms. The third kappa shape index (κ3) is 6.50. The lowest BCUT2D eigenvalue weighted by atomic mass is 10.0. The monoisotopic (exact) mass is 491 g/mol. The summed E-state index contributed by atoms with van der Waals surface area (Å²) >= 11 is 0. The summed E-state index contributed by atoms with van der Waals surface area (Å²) in [5, 5.41) is 2.95. The quantitative estimate of drug-likeness (QED) is 0.479. The number of rotatable bonds is 9. The summed E-state index contributed by atoms with van der Waals surface area (Å²) < 4.78 is 28.1. The van der Waals surface area contributed by atoms with Crippen molar-refractivity contribution in [2.45, 2.75) is 44.2 Å². The van der Waals surface area contributed by atoms with E-state index in [0.29, 0.717) is 12.2 Å². The number of hydrogen-bond donors (Lipinski definition) is 1. The molecule has 1 heterocycles. The summed E-state index contributed by atoms with van der Waals surface area (Å²) in [7, 11) is -3.91. The Kier molecular flexibility index (Phi) is 8.21. The van der Waals surface area contributed by atoms with Crippen molar-refractivity contribution in [2.75, 3.05) is 23.9 Å². The topological polar surface area (TPSA) is 69.7 Å². The number of carbonyl (C=O) groups is 1. The highest BCUT2D eigenvalue weighted by Gasteiger charge is 2.27. The molecule has 1 N–H and O–H groups in total. The van der Waals surface area contributed by atoms with Crippen LogP contribution in [0.3, 0.4) is 0 Å². The molecule has 1 amide bonds. The molecule has 0 bridgehead atoms. The van der Waals surface area contributed by atoms with E-state index >= 15 is 0 Å². The third-order valence-corrected chi connectivity index (χ3v) is 8.13. The second-order valence-corrected chi connectivity index (χ2v) is 10.9. The Morgan fingerprint density at radius 1 is 0.886 bits per heavy atom. The Bertz CT molecular complexity index is 1240. The van der Waals surface area contributed by atoms with Gasteiger partial charge in [0.2, 0.25) is 5.91 Å². The second-order valence-electron chi connectivity index (χ2n) is 9.05. The summed E-state index contributed by atoms with van der Waals surface area (Å²) in [6.45, 7) is 5.03. The summed E-state index contributed by atoms with van der Waals surface area (Å²) in [4.78, 5) is 15.6. The van der Waals surface area contributed by atoms with E-state index in [0.717, 1.165) is 30.8 Å². The van der Waals surface area contributed by atoms with Gasteiger partial charge in [-0.1, -0.05) is 61.0 Å². The molecule has 3 aromatic carbocycles. The lowest BCUT2D eigenvalue weighted by Gasteiger charge is -2.27. The number of nitrogens with zero attached hydrogens (tertiary/aromatic N) is 2. The molecule has 7 heteroatoms. The van der Waals surface area contributed by atoms with Crippen LogP contribution in [-0.2, 0) is 27.9 Å². The van der Waals surface area contributed by atoms with Crippen LogP contribution < -0.4 is 9.62 Å². The first kappa shape index (κ1) is 24.9. The van der Waals surface area contributed by atoms with Crippen LogP contribution in [0.5, 0.6) is 0 Å². The van der Waals surface area contributed by atoms with Gasteiger partial charge in [0, 0.05) is 13.1 Å². The molecule has 1 aliphatic heterocycles.